The Kier molecular flexibility index (Phi) is 5.07. The van der Waals surface area contributed by atoms with Crippen LogP contribution in [0.3, 0.4) is 0 Å². The van der Waals surface area contributed by atoms with Gasteiger partial charge in [0.25, 0.3) is 0 Å². The van der Waals surface area contributed by atoms with Gasteiger partial charge in [-0.15, -0.1) is 0 Å². The Hall–Kier alpha value is -0.910. The maximum Gasteiger partial charge on any atom is 0.243 e. The Morgan fingerprint density at radius 1 is 1.29 bits per heavy atom. The van der Waals surface area contributed by atoms with Crippen LogP contribution in [0.5, 0.6) is 0 Å². The lowest BCUT2D eigenvalue weighted by molar-refractivity contribution is 0.212. The van der Waals surface area contributed by atoms with E-state index in [4.69, 9.17) is 0 Å². The Morgan fingerprint density at radius 2 is 2.00 bits per heavy atom. The van der Waals surface area contributed by atoms with Gasteiger partial charge in [-0.2, -0.15) is 4.31 Å². The van der Waals surface area contributed by atoms with Crippen LogP contribution in [0.1, 0.15) is 31.4 Å². The van der Waals surface area contributed by atoms with E-state index in [1.165, 1.54) is 0 Å². The molecule has 0 bridgehead atoms. The summed E-state index contributed by atoms with van der Waals surface area (Å²) in [5.74, 6) is 1.00. The molecule has 2 rings (SSSR count). The lowest BCUT2D eigenvalue weighted by Gasteiger charge is -2.34. The molecule has 0 radical (unpaired) electrons. The second kappa shape index (κ2) is 6.46. The first-order chi connectivity index (χ1) is 9.87. The van der Waals surface area contributed by atoms with Crippen molar-refractivity contribution in [2.24, 2.45) is 11.8 Å². The van der Waals surface area contributed by atoms with Crippen molar-refractivity contribution < 1.29 is 8.42 Å². The molecule has 0 amide bonds. The van der Waals surface area contributed by atoms with Crippen molar-refractivity contribution in [1.29, 1.82) is 0 Å². The summed E-state index contributed by atoms with van der Waals surface area (Å²) in [4.78, 5) is 0.456. The quantitative estimate of drug-likeness (QED) is 0.929. The van der Waals surface area contributed by atoms with Crippen LogP contribution in [-0.2, 0) is 16.6 Å². The summed E-state index contributed by atoms with van der Waals surface area (Å²) in [5.41, 5.74) is 1.90. The van der Waals surface area contributed by atoms with Crippen LogP contribution >= 0.6 is 0 Å². The molecule has 1 saturated heterocycles. The van der Waals surface area contributed by atoms with Gasteiger partial charge < -0.3 is 5.32 Å². The van der Waals surface area contributed by atoms with E-state index in [1.807, 2.05) is 26.1 Å². The maximum atomic E-state index is 12.9. The van der Waals surface area contributed by atoms with Gasteiger partial charge in [-0.1, -0.05) is 26.0 Å². The summed E-state index contributed by atoms with van der Waals surface area (Å²) in [6, 6.07) is 5.54. The standard InChI is InChI=1S/C16H26N2O2S/c1-12-8-9-18(11-13(12)2)21(19,20)16-7-5-6-15(10-17-4)14(16)3/h5-7,12-13,17H,8-11H2,1-4H3. The number of sulfonamides is 1. The third kappa shape index (κ3) is 3.30. The number of rotatable bonds is 4. The molecule has 2 atom stereocenters. The fraction of sp³-hybridized carbons (Fsp3) is 0.625. The minimum atomic E-state index is -3.38. The average molecular weight is 310 g/mol. The van der Waals surface area contributed by atoms with Crippen LogP contribution in [0.15, 0.2) is 23.1 Å². The van der Waals surface area contributed by atoms with Crippen molar-refractivity contribution in [2.75, 3.05) is 20.1 Å². The van der Waals surface area contributed by atoms with E-state index in [-0.39, 0.29) is 0 Å². The molecule has 118 valence electrons. The first-order valence-electron chi connectivity index (χ1n) is 7.61. The largest absolute Gasteiger partial charge is 0.316 e. The zero-order valence-electron chi connectivity index (χ0n) is 13.4. The smallest absolute Gasteiger partial charge is 0.243 e. The summed E-state index contributed by atoms with van der Waals surface area (Å²) in [7, 11) is -1.51. The number of nitrogens with zero attached hydrogens (tertiary/aromatic N) is 1. The van der Waals surface area contributed by atoms with Gasteiger partial charge in [0.2, 0.25) is 10.0 Å². The molecule has 21 heavy (non-hydrogen) atoms. The normalized spacial score (nSPS) is 24.2. The van der Waals surface area contributed by atoms with E-state index in [1.54, 1.807) is 10.4 Å². The van der Waals surface area contributed by atoms with Crippen molar-refractivity contribution in [3.8, 4) is 0 Å². The third-order valence-corrected chi connectivity index (χ3v) is 6.69. The van der Waals surface area contributed by atoms with E-state index < -0.39 is 10.0 Å². The lowest BCUT2D eigenvalue weighted by Crippen LogP contribution is -2.42. The highest BCUT2D eigenvalue weighted by Crippen LogP contribution is 2.29. The van der Waals surface area contributed by atoms with Crippen molar-refractivity contribution in [3.63, 3.8) is 0 Å². The molecule has 4 nitrogen and oxygen atoms in total. The van der Waals surface area contributed by atoms with Crippen LogP contribution < -0.4 is 5.32 Å². The molecule has 1 aliphatic heterocycles. The molecule has 2 unspecified atom stereocenters. The summed E-state index contributed by atoms with van der Waals surface area (Å²) in [6.45, 7) is 8.17. The Labute approximate surface area is 128 Å². The first-order valence-corrected chi connectivity index (χ1v) is 9.05. The van der Waals surface area contributed by atoms with Crippen LogP contribution in [0.2, 0.25) is 0 Å². The average Bonchev–Trinajstić information content (AvgIpc) is 2.44. The topological polar surface area (TPSA) is 49.4 Å². The minimum absolute atomic E-state index is 0.411. The molecule has 0 spiro atoms. The van der Waals surface area contributed by atoms with E-state index in [0.29, 0.717) is 36.4 Å². The summed E-state index contributed by atoms with van der Waals surface area (Å²) in [5, 5.41) is 3.09. The molecular weight excluding hydrogens is 284 g/mol. The number of benzene rings is 1. The Morgan fingerprint density at radius 3 is 2.62 bits per heavy atom. The van der Waals surface area contributed by atoms with Crippen molar-refractivity contribution >= 4 is 10.0 Å². The van der Waals surface area contributed by atoms with E-state index in [9.17, 15) is 8.42 Å². The molecule has 0 aliphatic carbocycles. The van der Waals surface area contributed by atoms with Crippen molar-refractivity contribution in [3.05, 3.63) is 29.3 Å². The van der Waals surface area contributed by atoms with Gasteiger partial charge in [-0.25, -0.2) is 8.42 Å². The highest BCUT2D eigenvalue weighted by atomic mass is 32.2. The monoisotopic (exact) mass is 310 g/mol. The van der Waals surface area contributed by atoms with Crippen molar-refractivity contribution in [1.82, 2.24) is 9.62 Å². The number of piperidine rings is 1. The summed E-state index contributed by atoms with van der Waals surface area (Å²) >= 11 is 0. The van der Waals surface area contributed by atoms with Gasteiger partial charge in [0.15, 0.2) is 0 Å². The highest BCUT2D eigenvalue weighted by molar-refractivity contribution is 7.89. The van der Waals surface area contributed by atoms with Gasteiger partial charge >= 0.3 is 0 Å². The Balaban J connectivity index is 2.34. The van der Waals surface area contributed by atoms with E-state index >= 15 is 0 Å². The molecule has 1 aliphatic rings. The van der Waals surface area contributed by atoms with Crippen LogP contribution in [0.25, 0.3) is 0 Å². The zero-order valence-corrected chi connectivity index (χ0v) is 14.2. The van der Waals surface area contributed by atoms with Crippen LogP contribution in [0.4, 0.5) is 0 Å². The number of nitrogens with one attached hydrogen (secondary N) is 1. The molecular formula is C16H26N2O2S. The van der Waals surface area contributed by atoms with Gasteiger partial charge in [0.05, 0.1) is 4.90 Å². The van der Waals surface area contributed by atoms with Crippen LogP contribution in [0, 0.1) is 18.8 Å². The maximum absolute atomic E-state index is 12.9. The van der Waals surface area contributed by atoms with Gasteiger partial charge in [0, 0.05) is 19.6 Å². The molecule has 1 fully saturated rings. The van der Waals surface area contributed by atoms with Gasteiger partial charge in [-0.05, 0) is 49.4 Å². The molecule has 1 aromatic carbocycles. The predicted molar refractivity (Wildman–Crippen MR) is 85.6 cm³/mol. The van der Waals surface area contributed by atoms with Gasteiger partial charge in [-0.3, -0.25) is 0 Å². The van der Waals surface area contributed by atoms with Crippen molar-refractivity contribution in [2.45, 2.75) is 38.6 Å². The third-order valence-electron chi connectivity index (χ3n) is 4.68. The van der Waals surface area contributed by atoms with Crippen LogP contribution in [-0.4, -0.2) is 32.9 Å². The molecule has 5 heteroatoms. The molecule has 1 heterocycles. The minimum Gasteiger partial charge on any atom is -0.316 e. The van der Waals surface area contributed by atoms with Gasteiger partial charge in [0.1, 0.15) is 0 Å². The molecule has 0 saturated carbocycles. The zero-order chi connectivity index (χ0) is 15.6. The molecule has 0 aromatic heterocycles. The molecule has 1 N–H and O–H groups in total. The Bertz CT molecular complexity index is 598. The SMILES string of the molecule is CNCc1cccc(S(=O)(=O)N2CCC(C)C(C)C2)c1C. The summed E-state index contributed by atoms with van der Waals surface area (Å²) < 4.78 is 27.5. The summed E-state index contributed by atoms with van der Waals surface area (Å²) in [6.07, 6.45) is 0.940. The lowest BCUT2D eigenvalue weighted by atomic mass is 9.90. The second-order valence-electron chi connectivity index (χ2n) is 6.18. The highest BCUT2D eigenvalue weighted by Gasteiger charge is 2.32. The number of hydrogen-bond donors (Lipinski definition) is 1. The number of hydrogen-bond acceptors (Lipinski definition) is 3. The second-order valence-corrected chi connectivity index (χ2v) is 8.08. The first kappa shape index (κ1) is 16.5. The fourth-order valence-electron chi connectivity index (χ4n) is 2.90. The molecule has 1 aromatic rings. The van der Waals surface area contributed by atoms with E-state index in [2.05, 4.69) is 19.2 Å². The predicted octanol–water partition coefficient (Wildman–Crippen LogP) is 2.38. The van der Waals surface area contributed by atoms with E-state index in [0.717, 1.165) is 17.5 Å². The fourth-order valence-corrected chi connectivity index (χ4v) is 4.73.